The molecule has 1 heterocycles. The van der Waals surface area contributed by atoms with E-state index in [2.05, 4.69) is 10.3 Å². The number of aromatic nitrogens is 2. The van der Waals surface area contributed by atoms with Crippen molar-refractivity contribution < 1.29 is 17.6 Å². The summed E-state index contributed by atoms with van der Waals surface area (Å²) in [5.41, 5.74) is 0.556. The Hall–Kier alpha value is -1.11. The summed E-state index contributed by atoms with van der Waals surface area (Å²) >= 11 is 0. The third-order valence-electron chi connectivity index (χ3n) is 2.26. The largest absolute Gasteiger partial charge is 0.331 e. The van der Waals surface area contributed by atoms with E-state index < -0.39 is 18.9 Å². The molecule has 0 atom stereocenters. The Morgan fingerprint density at radius 3 is 2.61 bits per heavy atom. The zero-order valence-corrected chi connectivity index (χ0v) is 10.3. The van der Waals surface area contributed by atoms with Gasteiger partial charge in [-0.1, -0.05) is 13.8 Å². The van der Waals surface area contributed by atoms with Crippen LogP contribution >= 0.6 is 0 Å². The summed E-state index contributed by atoms with van der Waals surface area (Å²) in [6.07, 6.45) is -1.17. The minimum Gasteiger partial charge on any atom is -0.331 e. The predicted molar refractivity (Wildman–Crippen MR) is 59.7 cm³/mol. The molecular weight excluding hydrogens is 250 g/mol. The zero-order valence-electron chi connectivity index (χ0n) is 10.3. The van der Waals surface area contributed by atoms with Crippen LogP contribution in [-0.2, 0) is 13.1 Å². The number of rotatable bonds is 7. The molecule has 0 spiro atoms. The van der Waals surface area contributed by atoms with E-state index >= 15 is 0 Å². The van der Waals surface area contributed by atoms with E-state index in [9.17, 15) is 17.6 Å². The molecule has 1 aromatic rings. The molecule has 1 N–H and O–H groups in total. The average Bonchev–Trinajstić information content (AvgIpc) is 2.64. The van der Waals surface area contributed by atoms with Crippen LogP contribution in [-0.4, -0.2) is 28.4 Å². The van der Waals surface area contributed by atoms with Crippen molar-refractivity contribution in [1.82, 2.24) is 14.9 Å². The molecule has 0 amide bonds. The molecule has 0 unspecified atom stereocenters. The van der Waals surface area contributed by atoms with Gasteiger partial charge >= 0.3 is 12.3 Å². The first-order valence-electron chi connectivity index (χ1n) is 5.68. The van der Waals surface area contributed by atoms with Gasteiger partial charge in [0, 0.05) is 12.7 Å². The Kier molecular flexibility index (Phi) is 5.13. The highest BCUT2D eigenvalue weighted by Crippen LogP contribution is 2.24. The summed E-state index contributed by atoms with van der Waals surface area (Å²) in [6.45, 7) is 4.23. The van der Waals surface area contributed by atoms with Crippen LogP contribution in [0.5, 0.6) is 0 Å². The van der Waals surface area contributed by atoms with E-state index in [1.54, 1.807) is 0 Å². The molecule has 1 aromatic heterocycles. The third-order valence-corrected chi connectivity index (χ3v) is 2.26. The van der Waals surface area contributed by atoms with E-state index in [1.165, 1.54) is 6.20 Å². The van der Waals surface area contributed by atoms with Crippen LogP contribution in [0.25, 0.3) is 0 Å². The number of hydrogen-bond acceptors (Lipinski definition) is 2. The Balaban J connectivity index is 2.48. The molecule has 3 nitrogen and oxygen atoms in total. The Morgan fingerprint density at radius 2 is 2.06 bits per heavy atom. The number of alkyl halides is 4. The monoisotopic (exact) mass is 267 g/mol. The second kappa shape index (κ2) is 6.17. The fourth-order valence-electron chi connectivity index (χ4n) is 1.39. The molecule has 7 heteroatoms. The summed E-state index contributed by atoms with van der Waals surface area (Å²) in [5.74, 6) is -3.56. The van der Waals surface area contributed by atoms with E-state index in [1.807, 2.05) is 13.8 Å². The lowest BCUT2D eigenvalue weighted by Gasteiger charge is -2.15. The predicted octanol–water partition coefficient (Wildman–Crippen LogP) is 2.53. The molecule has 0 fully saturated rings. The summed E-state index contributed by atoms with van der Waals surface area (Å²) in [5, 5.41) is 3.09. The topological polar surface area (TPSA) is 29.9 Å². The Bertz CT molecular complexity index is 363. The molecule has 0 saturated carbocycles. The third kappa shape index (κ3) is 4.64. The number of nitrogens with one attached hydrogen (secondary N) is 1. The van der Waals surface area contributed by atoms with Crippen molar-refractivity contribution in [3.63, 3.8) is 0 Å². The number of hydrogen-bond donors (Lipinski definition) is 1. The molecule has 0 aliphatic heterocycles. The van der Waals surface area contributed by atoms with Crippen molar-refractivity contribution in [3.8, 4) is 0 Å². The molecule has 104 valence electrons. The molecule has 0 bridgehead atoms. The van der Waals surface area contributed by atoms with Gasteiger partial charge in [0.15, 0.2) is 0 Å². The summed E-state index contributed by atoms with van der Waals surface area (Å²) < 4.78 is 50.6. The molecule has 0 saturated heterocycles. The van der Waals surface area contributed by atoms with Gasteiger partial charge < -0.3 is 9.88 Å². The quantitative estimate of drug-likeness (QED) is 0.769. The van der Waals surface area contributed by atoms with Gasteiger partial charge in [0.1, 0.15) is 0 Å². The van der Waals surface area contributed by atoms with E-state index in [4.69, 9.17) is 0 Å². The highest BCUT2D eigenvalue weighted by atomic mass is 19.3. The maximum absolute atomic E-state index is 12.8. The fraction of sp³-hybridized carbons (Fsp3) is 0.727. The molecule has 0 aromatic carbocycles. The number of halogens is 4. The van der Waals surface area contributed by atoms with Crippen molar-refractivity contribution in [2.75, 3.05) is 6.54 Å². The molecule has 1 rings (SSSR count). The lowest BCUT2D eigenvalue weighted by molar-refractivity contribution is -0.137. The minimum absolute atomic E-state index is 0.436. The van der Waals surface area contributed by atoms with Gasteiger partial charge in [-0.3, -0.25) is 0 Å². The van der Waals surface area contributed by atoms with Gasteiger partial charge in [-0.2, -0.15) is 8.78 Å². The average molecular weight is 267 g/mol. The zero-order chi connectivity index (χ0) is 13.8. The van der Waals surface area contributed by atoms with Crippen LogP contribution in [0, 0.1) is 5.92 Å². The fourth-order valence-corrected chi connectivity index (χ4v) is 1.39. The Labute approximate surface area is 103 Å². The number of nitrogens with zero attached hydrogens (tertiary/aromatic N) is 2. The van der Waals surface area contributed by atoms with Gasteiger partial charge in [-0.15, -0.1) is 0 Å². The van der Waals surface area contributed by atoms with Gasteiger partial charge in [0.2, 0.25) is 0 Å². The SMILES string of the molecule is CC(C)CNCc1cn(CC(F)(F)C(F)F)cn1. The van der Waals surface area contributed by atoms with Gasteiger partial charge in [-0.25, -0.2) is 13.8 Å². The Morgan fingerprint density at radius 1 is 1.39 bits per heavy atom. The minimum atomic E-state index is -4.02. The summed E-state index contributed by atoms with van der Waals surface area (Å²) in [6, 6.07) is 0. The van der Waals surface area contributed by atoms with Crippen molar-refractivity contribution >= 4 is 0 Å². The van der Waals surface area contributed by atoms with Crippen LogP contribution in [0.3, 0.4) is 0 Å². The van der Waals surface area contributed by atoms with Crippen LogP contribution in [0.4, 0.5) is 17.6 Å². The first-order valence-corrected chi connectivity index (χ1v) is 5.68. The standard InChI is InChI=1S/C11H17F4N3/c1-8(2)3-16-4-9-5-18(7-17-9)6-11(14,15)10(12)13/h5,7-8,10,16H,3-4,6H2,1-2H3. The molecule has 0 aliphatic rings. The normalized spacial score (nSPS) is 12.7. The van der Waals surface area contributed by atoms with Crippen LogP contribution in [0.15, 0.2) is 12.5 Å². The lowest BCUT2D eigenvalue weighted by atomic mass is 10.2. The smallest absolute Gasteiger partial charge is 0.324 e. The van der Waals surface area contributed by atoms with Crippen molar-refractivity contribution in [3.05, 3.63) is 18.2 Å². The number of imidazole rings is 1. The van der Waals surface area contributed by atoms with Gasteiger partial charge in [-0.05, 0) is 12.5 Å². The van der Waals surface area contributed by atoms with Crippen molar-refractivity contribution in [2.24, 2.45) is 5.92 Å². The van der Waals surface area contributed by atoms with E-state index in [0.29, 0.717) is 18.2 Å². The molecule has 18 heavy (non-hydrogen) atoms. The van der Waals surface area contributed by atoms with Gasteiger partial charge in [0.25, 0.3) is 0 Å². The van der Waals surface area contributed by atoms with Crippen LogP contribution in [0.2, 0.25) is 0 Å². The summed E-state index contributed by atoms with van der Waals surface area (Å²) in [7, 11) is 0. The first kappa shape index (κ1) is 14.9. The highest BCUT2D eigenvalue weighted by Gasteiger charge is 2.40. The molecule has 0 aliphatic carbocycles. The van der Waals surface area contributed by atoms with Crippen LogP contribution in [0.1, 0.15) is 19.5 Å². The second-order valence-electron chi connectivity index (χ2n) is 4.62. The first-order chi connectivity index (χ1) is 8.31. The van der Waals surface area contributed by atoms with Crippen molar-refractivity contribution in [2.45, 2.75) is 39.3 Å². The lowest BCUT2D eigenvalue weighted by Crippen LogP contribution is -2.31. The molecular formula is C11H17F4N3. The summed E-state index contributed by atoms with van der Waals surface area (Å²) in [4.78, 5) is 3.88. The molecule has 0 radical (unpaired) electrons. The maximum atomic E-state index is 12.8. The highest BCUT2D eigenvalue weighted by molar-refractivity contribution is 4.97. The van der Waals surface area contributed by atoms with E-state index in [-0.39, 0.29) is 0 Å². The van der Waals surface area contributed by atoms with Gasteiger partial charge in [0.05, 0.1) is 18.6 Å². The van der Waals surface area contributed by atoms with E-state index in [0.717, 1.165) is 17.4 Å². The van der Waals surface area contributed by atoms with Crippen LogP contribution < -0.4 is 5.32 Å². The maximum Gasteiger partial charge on any atom is 0.324 e. The second-order valence-corrected chi connectivity index (χ2v) is 4.62. The van der Waals surface area contributed by atoms with Crippen molar-refractivity contribution in [1.29, 1.82) is 0 Å².